The zero-order chi connectivity index (χ0) is 27.4. The highest BCUT2D eigenvalue weighted by atomic mass is 32.1. The lowest BCUT2D eigenvalue weighted by Crippen LogP contribution is -2.19. The van der Waals surface area contributed by atoms with E-state index in [9.17, 15) is 22.8 Å². The second-order valence-corrected chi connectivity index (χ2v) is 8.72. The largest absolute Gasteiger partial charge is 0.416 e. The lowest BCUT2D eigenvalue weighted by atomic mass is 10.0. The lowest BCUT2D eigenvalue weighted by Gasteiger charge is -2.12. The van der Waals surface area contributed by atoms with Crippen LogP contribution < -0.4 is 22.1 Å². The third-order valence-corrected chi connectivity index (χ3v) is 6.03. The summed E-state index contributed by atoms with van der Waals surface area (Å²) in [5.74, 6) is -1.57. The van der Waals surface area contributed by atoms with Crippen molar-refractivity contribution >= 4 is 46.2 Å². The number of carbonyl (C=O) groups is 2. The Kier molecular flexibility index (Phi) is 7.44. The minimum Gasteiger partial charge on any atom is -0.396 e. The van der Waals surface area contributed by atoms with Gasteiger partial charge in [0.15, 0.2) is 5.82 Å². The molecule has 0 aliphatic carbocycles. The number of carbonyl (C=O) groups excluding carboxylic acids is 2. The number of amidine groups is 1. The monoisotopic (exact) mass is 541 g/mol. The number of amides is 3. The zero-order valence-electron chi connectivity index (χ0n) is 19.3. The summed E-state index contributed by atoms with van der Waals surface area (Å²) >= 11 is 1.32. The predicted octanol–water partition coefficient (Wildman–Crippen LogP) is 6.34. The van der Waals surface area contributed by atoms with Crippen LogP contribution in [0.3, 0.4) is 0 Å². The van der Waals surface area contributed by atoms with Gasteiger partial charge in [0, 0.05) is 27.9 Å². The maximum Gasteiger partial charge on any atom is 0.416 e. The number of aliphatic imine (C=N–C) groups is 1. The third-order valence-electron chi connectivity index (χ3n) is 5.35. The molecule has 7 nitrogen and oxygen atoms in total. The van der Waals surface area contributed by atoms with Crippen molar-refractivity contribution in [2.75, 3.05) is 16.4 Å². The van der Waals surface area contributed by atoms with Gasteiger partial charge in [-0.3, -0.25) is 4.79 Å². The minimum atomic E-state index is -4.54. The zero-order valence-corrected chi connectivity index (χ0v) is 20.2. The number of rotatable bonds is 5. The average Bonchev–Trinajstić information content (AvgIpc) is 3.41. The molecule has 3 amide bonds. The first-order valence-corrected chi connectivity index (χ1v) is 11.8. The molecule has 0 bridgehead atoms. The van der Waals surface area contributed by atoms with Gasteiger partial charge in [0.05, 0.1) is 16.8 Å². The van der Waals surface area contributed by atoms with Crippen molar-refractivity contribution in [2.45, 2.75) is 6.18 Å². The van der Waals surface area contributed by atoms with E-state index in [4.69, 9.17) is 11.5 Å². The second-order valence-electron chi connectivity index (χ2n) is 7.94. The molecule has 0 fully saturated rings. The molecular weight excluding hydrogens is 522 g/mol. The number of nitrogens with two attached hydrogens (primary N) is 2. The van der Waals surface area contributed by atoms with Crippen LogP contribution >= 0.6 is 11.3 Å². The molecule has 0 saturated carbocycles. The normalized spacial score (nSPS) is 11.7. The first kappa shape index (κ1) is 26.4. The smallest absolute Gasteiger partial charge is 0.396 e. The van der Waals surface area contributed by atoms with Gasteiger partial charge in [-0.05, 0) is 53.4 Å². The van der Waals surface area contributed by atoms with E-state index in [-0.39, 0.29) is 28.3 Å². The molecule has 1 aromatic heterocycles. The number of hydrogen-bond acceptors (Lipinski definition) is 4. The molecule has 6 N–H and O–H groups in total. The summed E-state index contributed by atoms with van der Waals surface area (Å²) in [7, 11) is 0. The molecule has 0 aliphatic rings. The van der Waals surface area contributed by atoms with Crippen LogP contribution in [0.25, 0.3) is 11.1 Å². The number of benzene rings is 3. The van der Waals surface area contributed by atoms with Crippen LogP contribution in [0.1, 0.15) is 21.5 Å². The van der Waals surface area contributed by atoms with Gasteiger partial charge in [-0.25, -0.2) is 9.18 Å². The highest BCUT2D eigenvalue weighted by molar-refractivity contribution is 7.08. The molecular formula is C26H19F4N5O2S. The van der Waals surface area contributed by atoms with Crippen molar-refractivity contribution in [1.29, 1.82) is 0 Å². The molecule has 12 heteroatoms. The summed E-state index contributed by atoms with van der Waals surface area (Å²) in [6.45, 7) is 0. The van der Waals surface area contributed by atoms with Crippen molar-refractivity contribution < 1.29 is 27.2 Å². The fraction of sp³-hybridized carbons (Fsp3) is 0.0385. The van der Waals surface area contributed by atoms with Gasteiger partial charge in [-0.2, -0.15) is 29.5 Å². The van der Waals surface area contributed by atoms with Gasteiger partial charge in [0.2, 0.25) is 0 Å². The van der Waals surface area contributed by atoms with Gasteiger partial charge < -0.3 is 22.1 Å². The van der Waals surface area contributed by atoms with Crippen LogP contribution in [0.15, 0.2) is 82.5 Å². The first-order valence-electron chi connectivity index (χ1n) is 10.9. The summed E-state index contributed by atoms with van der Waals surface area (Å²) in [6, 6.07) is 13.9. The molecule has 3 aromatic carbocycles. The summed E-state index contributed by atoms with van der Waals surface area (Å²) in [5, 5.41) is 8.15. The van der Waals surface area contributed by atoms with E-state index >= 15 is 4.39 Å². The molecule has 0 radical (unpaired) electrons. The van der Waals surface area contributed by atoms with Crippen molar-refractivity contribution in [3.8, 4) is 11.1 Å². The molecule has 0 unspecified atom stereocenters. The number of nitrogens with one attached hydrogen (secondary N) is 2. The number of nitrogens with zero attached hydrogens (tertiary/aromatic N) is 1. The Hall–Kier alpha value is -4.71. The summed E-state index contributed by atoms with van der Waals surface area (Å²) < 4.78 is 53.7. The van der Waals surface area contributed by atoms with Crippen LogP contribution in [-0.2, 0) is 6.18 Å². The van der Waals surface area contributed by atoms with E-state index < -0.39 is 29.5 Å². The quantitative estimate of drug-likeness (QED) is 0.102. The van der Waals surface area contributed by atoms with Crippen molar-refractivity contribution in [2.24, 2.45) is 10.7 Å². The molecule has 0 saturated heterocycles. The summed E-state index contributed by atoms with van der Waals surface area (Å²) in [4.78, 5) is 28.2. The Labute approximate surface area is 217 Å². The van der Waals surface area contributed by atoms with Crippen molar-refractivity contribution in [1.82, 2.24) is 0 Å². The number of anilines is 3. The maximum atomic E-state index is 15.1. The standard InChI is InChI=1S/C26H19F4N5O2S/c27-21-19(8-9-20(22(21)31)23(32)35-24(36)15-10-11-38-13-15)14-4-6-17(7-5-14)33-25(37)34-18-3-1-2-16(12-18)26(28,29)30/h1-13H,31H2,(H2,32,35,36)(H2,33,34,37). The van der Waals surface area contributed by atoms with Crippen LogP contribution in [0, 0.1) is 5.82 Å². The first-order chi connectivity index (χ1) is 18.0. The molecule has 194 valence electrons. The fourth-order valence-electron chi connectivity index (χ4n) is 3.46. The topological polar surface area (TPSA) is 123 Å². The van der Waals surface area contributed by atoms with Gasteiger partial charge >= 0.3 is 12.2 Å². The molecule has 4 rings (SSSR count). The highest BCUT2D eigenvalue weighted by Gasteiger charge is 2.30. The van der Waals surface area contributed by atoms with Crippen LogP contribution in [0.4, 0.5) is 39.4 Å². The number of nitrogen functional groups attached to an aromatic ring is 1. The van der Waals surface area contributed by atoms with Crippen LogP contribution in [-0.4, -0.2) is 17.8 Å². The van der Waals surface area contributed by atoms with E-state index in [1.54, 1.807) is 16.8 Å². The second kappa shape index (κ2) is 10.7. The number of thiophene rings is 1. The molecule has 0 spiro atoms. The van der Waals surface area contributed by atoms with Gasteiger partial charge in [0.25, 0.3) is 5.91 Å². The van der Waals surface area contributed by atoms with Crippen molar-refractivity contribution in [3.63, 3.8) is 0 Å². The van der Waals surface area contributed by atoms with E-state index in [1.807, 2.05) is 0 Å². The Bertz CT molecular complexity index is 1520. The average molecular weight is 542 g/mol. The Morgan fingerprint density at radius 1 is 0.921 bits per heavy atom. The number of hydrogen-bond donors (Lipinski definition) is 4. The number of alkyl halides is 3. The minimum absolute atomic E-state index is 0.0357. The SMILES string of the molecule is NC(=NC(=O)c1ccsc1)c1ccc(-c2ccc(NC(=O)Nc3cccc(C(F)(F)F)c3)cc2)c(F)c1N. The Morgan fingerprint density at radius 2 is 1.63 bits per heavy atom. The molecule has 4 aromatic rings. The summed E-state index contributed by atoms with van der Waals surface area (Å²) in [6.07, 6.45) is -4.54. The van der Waals surface area contributed by atoms with E-state index in [1.165, 1.54) is 59.9 Å². The van der Waals surface area contributed by atoms with Crippen molar-refractivity contribution in [3.05, 3.63) is 100.0 Å². The van der Waals surface area contributed by atoms with Gasteiger partial charge in [-0.1, -0.05) is 24.3 Å². The fourth-order valence-corrected chi connectivity index (χ4v) is 4.09. The maximum absolute atomic E-state index is 15.1. The highest BCUT2D eigenvalue weighted by Crippen LogP contribution is 2.31. The molecule has 38 heavy (non-hydrogen) atoms. The van der Waals surface area contributed by atoms with E-state index in [2.05, 4.69) is 15.6 Å². The summed E-state index contributed by atoms with van der Waals surface area (Å²) in [5.41, 5.74) is 11.9. The number of urea groups is 1. The molecule has 0 aliphatic heterocycles. The number of halogens is 4. The lowest BCUT2D eigenvalue weighted by molar-refractivity contribution is -0.137. The Morgan fingerprint density at radius 3 is 2.29 bits per heavy atom. The van der Waals surface area contributed by atoms with Gasteiger partial charge in [-0.15, -0.1) is 0 Å². The Balaban J connectivity index is 1.46. The van der Waals surface area contributed by atoms with Crippen LogP contribution in [0.5, 0.6) is 0 Å². The molecule has 1 heterocycles. The van der Waals surface area contributed by atoms with E-state index in [0.29, 0.717) is 16.8 Å². The predicted molar refractivity (Wildman–Crippen MR) is 140 cm³/mol. The van der Waals surface area contributed by atoms with E-state index in [0.717, 1.165) is 12.1 Å². The molecule has 0 atom stereocenters. The van der Waals surface area contributed by atoms with Crippen LogP contribution in [0.2, 0.25) is 0 Å². The third kappa shape index (κ3) is 5.98. The van der Waals surface area contributed by atoms with Gasteiger partial charge in [0.1, 0.15) is 5.84 Å².